The summed E-state index contributed by atoms with van der Waals surface area (Å²) in [6, 6.07) is 14.6. The van der Waals surface area contributed by atoms with E-state index in [-0.39, 0.29) is 46.0 Å². The molecule has 0 aliphatic carbocycles. The molecule has 34 heavy (non-hydrogen) atoms. The Balaban J connectivity index is 2.21. The standard InChI is InChI=1S/C25H26F3NO4S/c1-2-3-5-15-23-21(18-30)24(31,17-10-13-19-11-6-4-7-12-19)20-14-8-9-16-22(20)29(23)34(32,33)25(26,27)28/h4,6-14,16,18,31H,2-3,5,15,17H2,1H3/b13-10+/t24-/m0/s1. The number of hydrogen-bond donors (Lipinski definition) is 1. The summed E-state index contributed by atoms with van der Waals surface area (Å²) in [6.45, 7) is 1.89. The Labute approximate surface area is 197 Å². The van der Waals surface area contributed by atoms with Gasteiger partial charge in [0.25, 0.3) is 0 Å². The van der Waals surface area contributed by atoms with Crippen LogP contribution in [0.2, 0.25) is 0 Å². The van der Waals surface area contributed by atoms with Crippen LogP contribution in [0.15, 0.2) is 71.9 Å². The number of benzene rings is 2. The van der Waals surface area contributed by atoms with Gasteiger partial charge in [-0.15, -0.1) is 0 Å². The Morgan fingerprint density at radius 1 is 1.03 bits per heavy atom. The van der Waals surface area contributed by atoms with Crippen molar-refractivity contribution in [3.05, 3.63) is 83.1 Å². The Bertz CT molecular complexity index is 1190. The first kappa shape index (κ1) is 25.7. The number of alkyl halides is 3. The predicted molar refractivity (Wildman–Crippen MR) is 125 cm³/mol. The van der Waals surface area contributed by atoms with Gasteiger partial charge in [-0.3, -0.25) is 4.79 Å². The summed E-state index contributed by atoms with van der Waals surface area (Å²) in [7, 11) is -5.87. The molecule has 0 spiro atoms. The Kier molecular flexibility index (Phi) is 7.67. The number of allylic oxidation sites excluding steroid dienone is 1. The number of carbonyl (C=O) groups excluding carboxylic acids is 1. The third kappa shape index (κ3) is 4.81. The van der Waals surface area contributed by atoms with Gasteiger partial charge in [0.15, 0.2) is 6.29 Å². The third-order valence-corrected chi connectivity index (χ3v) is 7.24. The van der Waals surface area contributed by atoms with Gasteiger partial charge in [0.1, 0.15) is 5.60 Å². The molecule has 0 fully saturated rings. The number of unbranched alkanes of at least 4 members (excludes halogenated alkanes) is 2. The fourth-order valence-electron chi connectivity index (χ4n) is 4.11. The van der Waals surface area contributed by atoms with Crippen molar-refractivity contribution in [1.82, 2.24) is 0 Å². The SMILES string of the molecule is CCCCCC1=C(C=O)[C@](O)(C/C=C/c2ccccc2)c2ccccc2N1S(=O)(=O)C(F)(F)F. The van der Waals surface area contributed by atoms with Crippen LogP contribution in [0.4, 0.5) is 18.9 Å². The summed E-state index contributed by atoms with van der Waals surface area (Å²) in [5, 5.41) is 11.7. The van der Waals surface area contributed by atoms with E-state index in [2.05, 4.69) is 0 Å². The second-order valence-corrected chi connectivity index (χ2v) is 9.82. The summed E-state index contributed by atoms with van der Waals surface area (Å²) in [4.78, 5) is 12.2. The number of halogens is 3. The van der Waals surface area contributed by atoms with E-state index < -0.39 is 21.1 Å². The van der Waals surface area contributed by atoms with Crippen molar-refractivity contribution in [2.24, 2.45) is 0 Å². The number of fused-ring (bicyclic) bond motifs is 1. The van der Waals surface area contributed by atoms with E-state index in [1.165, 1.54) is 24.3 Å². The highest BCUT2D eigenvalue weighted by atomic mass is 32.2. The maximum atomic E-state index is 13.7. The number of carbonyl (C=O) groups is 1. The molecule has 0 bridgehead atoms. The number of hydrogen-bond acceptors (Lipinski definition) is 4. The molecule has 0 unspecified atom stereocenters. The molecular formula is C25H26F3NO4S. The van der Waals surface area contributed by atoms with E-state index in [0.29, 0.717) is 12.8 Å². The van der Waals surface area contributed by atoms with Gasteiger partial charge < -0.3 is 5.11 Å². The molecule has 1 heterocycles. The van der Waals surface area contributed by atoms with E-state index in [1.54, 1.807) is 12.2 Å². The number of anilines is 1. The van der Waals surface area contributed by atoms with Crippen molar-refractivity contribution in [2.75, 3.05) is 4.31 Å². The first-order valence-electron chi connectivity index (χ1n) is 10.9. The molecule has 0 saturated carbocycles. The van der Waals surface area contributed by atoms with Crippen molar-refractivity contribution in [3.63, 3.8) is 0 Å². The van der Waals surface area contributed by atoms with Crippen LogP contribution in [0.3, 0.4) is 0 Å². The van der Waals surface area contributed by atoms with Crippen molar-refractivity contribution in [1.29, 1.82) is 0 Å². The van der Waals surface area contributed by atoms with E-state index in [1.807, 2.05) is 37.3 Å². The Morgan fingerprint density at radius 3 is 2.29 bits per heavy atom. The first-order valence-corrected chi connectivity index (χ1v) is 12.4. The summed E-state index contributed by atoms with van der Waals surface area (Å²) >= 11 is 0. The molecule has 3 rings (SSSR count). The molecule has 9 heteroatoms. The van der Waals surface area contributed by atoms with Crippen LogP contribution in [0.1, 0.15) is 50.2 Å². The molecule has 1 aliphatic rings. The zero-order chi connectivity index (χ0) is 25.0. The number of aldehydes is 1. The lowest BCUT2D eigenvalue weighted by atomic mass is 9.78. The second kappa shape index (κ2) is 10.1. The van der Waals surface area contributed by atoms with E-state index in [9.17, 15) is 31.5 Å². The number of sulfonamides is 1. The summed E-state index contributed by atoms with van der Waals surface area (Å²) < 4.78 is 66.5. The topological polar surface area (TPSA) is 74.7 Å². The molecule has 0 saturated heterocycles. The van der Waals surface area contributed by atoms with Crippen LogP contribution in [0.25, 0.3) is 6.08 Å². The average molecular weight is 494 g/mol. The fraction of sp³-hybridized carbons (Fsp3) is 0.320. The van der Waals surface area contributed by atoms with Gasteiger partial charge in [0.05, 0.1) is 5.69 Å². The third-order valence-electron chi connectivity index (χ3n) is 5.76. The van der Waals surface area contributed by atoms with E-state index in [4.69, 9.17) is 0 Å². The maximum absolute atomic E-state index is 13.7. The minimum atomic E-state index is -5.87. The summed E-state index contributed by atoms with van der Waals surface area (Å²) in [5.74, 6) is 0. The largest absolute Gasteiger partial charge is 0.517 e. The smallest absolute Gasteiger partial charge is 0.380 e. The lowest BCUT2D eigenvalue weighted by Gasteiger charge is -2.41. The highest BCUT2D eigenvalue weighted by Crippen LogP contribution is 2.49. The maximum Gasteiger partial charge on any atom is 0.517 e. The minimum Gasteiger partial charge on any atom is -0.380 e. The number of rotatable bonds is 9. The van der Waals surface area contributed by atoms with Crippen molar-refractivity contribution in [3.8, 4) is 0 Å². The Hall–Kier alpha value is -2.91. The Morgan fingerprint density at radius 2 is 1.68 bits per heavy atom. The van der Waals surface area contributed by atoms with E-state index in [0.717, 1.165) is 12.0 Å². The van der Waals surface area contributed by atoms with Gasteiger partial charge in [-0.1, -0.05) is 80.4 Å². The van der Waals surface area contributed by atoms with Crippen LogP contribution < -0.4 is 4.31 Å². The molecule has 182 valence electrons. The van der Waals surface area contributed by atoms with Crippen LogP contribution in [-0.2, 0) is 20.4 Å². The molecule has 1 N–H and O–H groups in total. The van der Waals surface area contributed by atoms with Gasteiger partial charge in [0.2, 0.25) is 0 Å². The molecule has 2 aromatic carbocycles. The monoisotopic (exact) mass is 493 g/mol. The number of para-hydroxylation sites is 1. The lowest BCUT2D eigenvalue weighted by Crippen LogP contribution is -2.47. The molecule has 1 aliphatic heterocycles. The van der Waals surface area contributed by atoms with Crippen LogP contribution in [0.5, 0.6) is 0 Å². The average Bonchev–Trinajstić information content (AvgIpc) is 2.79. The lowest BCUT2D eigenvalue weighted by molar-refractivity contribution is -0.107. The highest BCUT2D eigenvalue weighted by molar-refractivity contribution is 7.93. The quantitative estimate of drug-likeness (QED) is 0.360. The van der Waals surface area contributed by atoms with Crippen molar-refractivity contribution >= 4 is 28.1 Å². The molecular weight excluding hydrogens is 467 g/mol. The fourth-order valence-corrected chi connectivity index (χ4v) is 5.22. The number of nitrogens with zero attached hydrogens (tertiary/aromatic N) is 1. The molecule has 0 aromatic heterocycles. The summed E-state index contributed by atoms with van der Waals surface area (Å²) in [6.07, 6.45) is 5.06. The molecule has 2 aromatic rings. The normalized spacial score (nSPS) is 18.9. The number of aliphatic hydroxyl groups is 1. The van der Waals surface area contributed by atoms with Gasteiger partial charge >= 0.3 is 15.5 Å². The van der Waals surface area contributed by atoms with Crippen molar-refractivity contribution in [2.45, 2.75) is 50.1 Å². The van der Waals surface area contributed by atoms with Crippen LogP contribution in [0, 0.1) is 0 Å². The van der Waals surface area contributed by atoms with Crippen LogP contribution in [-0.4, -0.2) is 25.3 Å². The second-order valence-electron chi connectivity index (χ2n) is 8.05. The van der Waals surface area contributed by atoms with Crippen LogP contribution >= 0.6 is 0 Å². The molecule has 1 atom stereocenters. The van der Waals surface area contributed by atoms with Gasteiger partial charge in [-0.2, -0.15) is 21.6 Å². The molecule has 0 amide bonds. The zero-order valence-corrected chi connectivity index (χ0v) is 19.4. The zero-order valence-electron chi connectivity index (χ0n) is 18.6. The van der Waals surface area contributed by atoms with Gasteiger partial charge in [-0.25, -0.2) is 4.31 Å². The van der Waals surface area contributed by atoms with E-state index >= 15 is 0 Å². The summed E-state index contributed by atoms with van der Waals surface area (Å²) in [5.41, 5.74) is -7.89. The van der Waals surface area contributed by atoms with Crippen molar-refractivity contribution < 1.29 is 31.5 Å². The minimum absolute atomic E-state index is 0.0816. The first-order chi connectivity index (χ1) is 16.1. The van der Waals surface area contributed by atoms with Gasteiger partial charge in [-0.05, 0) is 24.5 Å². The predicted octanol–water partition coefficient (Wildman–Crippen LogP) is 5.68. The molecule has 5 nitrogen and oxygen atoms in total. The van der Waals surface area contributed by atoms with Gasteiger partial charge in [0, 0.05) is 23.3 Å². The molecule has 0 radical (unpaired) electrons. The highest BCUT2D eigenvalue weighted by Gasteiger charge is 2.55.